The van der Waals surface area contributed by atoms with Crippen molar-refractivity contribution in [2.75, 3.05) is 11.9 Å². The summed E-state index contributed by atoms with van der Waals surface area (Å²) in [6.07, 6.45) is 2.09. The first kappa shape index (κ1) is 10.0. The van der Waals surface area contributed by atoms with Gasteiger partial charge in [0.2, 0.25) is 0 Å². The fourth-order valence-electron chi connectivity index (χ4n) is 1.49. The van der Waals surface area contributed by atoms with Crippen LogP contribution in [0.5, 0.6) is 0 Å². The molecule has 0 amide bonds. The zero-order valence-electron chi connectivity index (χ0n) is 8.13. The van der Waals surface area contributed by atoms with Gasteiger partial charge in [0.15, 0.2) is 0 Å². The van der Waals surface area contributed by atoms with Gasteiger partial charge in [-0.1, -0.05) is 11.6 Å². The Morgan fingerprint density at radius 3 is 2.93 bits per heavy atom. The molecule has 0 aromatic heterocycles. The molecule has 0 aliphatic carbocycles. The topological polar surface area (TPSA) is 48.2 Å². The number of hydrogen-bond donors (Lipinski definition) is 1. The summed E-state index contributed by atoms with van der Waals surface area (Å²) in [6, 6.07) is 7.32. The predicted octanol–water partition coefficient (Wildman–Crippen LogP) is 2.82. The van der Waals surface area contributed by atoms with E-state index < -0.39 is 0 Å². The Kier molecular flexibility index (Phi) is 2.89. The molecule has 76 valence electrons. The second-order valence-corrected chi connectivity index (χ2v) is 3.77. The van der Waals surface area contributed by atoms with Gasteiger partial charge in [0.25, 0.3) is 0 Å². The molecular weight excluding hydrogens is 210 g/mol. The summed E-state index contributed by atoms with van der Waals surface area (Å²) >= 11 is 5.91. The van der Waals surface area contributed by atoms with E-state index in [0.717, 1.165) is 30.9 Å². The Morgan fingerprint density at radius 2 is 2.33 bits per heavy atom. The lowest BCUT2D eigenvalue weighted by atomic mass is 10.2. The molecular formula is C11H10ClN3. The minimum Gasteiger partial charge on any atom is -0.344 e. The number of anilines is 1. The first-order chi connectivity index (χ1) is 7.29. The van der Waals surface area contributed by atoms with Crippen LogP contribution in [0.1, 0.15) is 18.4 Å². The van der Waals surface area contributed by atoms with E-state index in [1.54, 1.807) is 12.1 Å². The molecule has 1 aliphatic rings. The monoisotopic (exact) mass is 219 g/mol. The minimum absolute atomic E-state index is 0.473. The highest BCUT2D eigenvalue weighted by Gasteiger charge is 2.07. The zero-order valence-corrected chi connectivity index (χ0v) is 8.88. The first-order valence-corrected chi connectivity index (χ1v) is 5.17. The third-order valence-electron chi connectivity index (χ3n) is 2.25. The van der Waals surface area contributed by atoms with Crippen LogP contribution in [-0.2, 0) is 0 Å². The lowest BCUT2D eigenvalue weighted by Gasteiger charge is -2.06. The number of aliphatic imine (C=N–C) groups is 1. The van der Waals surface area contributed by atoms with Crippen molar-refractivity contribution in [3.8, 4) is 6.07 Å². The van der Waals surface area contributed by atoms with Gasteiger partial charge in [0.1, 0.15) is 11.9 Å². The molecule has 1 aromatic carbocycles. The van der Waals surface area contributed by atoms with Gasteiger partial charge in [-0.3, -0.25) is 4.99 Å². The Balaban J connectivity index is 2.16. The van der Waals surface area contributed by atoms with Crippen molar-refractivity contribution in [1.29, 1.82) is 5.26 Å². The van der Waals surface area contributed by atoms with E-state index >= 15 is 0 Å². The first-order valence-electron chi connectivity index (χ1n) is 4.79. The second kappa shape index (κ2) is 4.33. The Morgan fingerprint density at radius 1 is 1.47 bits per heavy atom. The summed E-state index contributed by atoms with van der Waals surface area (Å²) in [5, 5.41) is 12.4. The van der Waals surface area contributed by atoms with Gasteiger partial charge in [-0.2, -0.15) is 5.26 Å². The molecule has 1 heterocycles. The molecule has 0 saturated carbocycles. The molecule has 15 heavy (non-hydrogen) atoms. The SMILES string of the molecule is N#Cc1ccc(NC2=NCCC2)cc1Cl. The summed E-state index contributed by atoms with van der Waals surface area (Å²) in [6.45, 7) is 0.895. The Hall–Kier alpha value is -1.53. The number of benzene rings is 1. The zero-order chi connectivity index (χ0) is 10.7. The van der Waals surface area contributed by atoms with Crippen molar-refractivity contribution in [1.82, 2.24) is 0 Å². The highest BCUT2D eigenvalue weighted by atomic mass is 35.5. The van der Waals surface area contributed by atoms with E-state index in [2.05, 4.69) is 10.3 Å². The molecule has 1 aliphatic heterocycles. The van der Waals surface area contributed by atoms with Crippen LogP contribution < -0.4 is 5.32 Å². The summed E-state index contributed by atoms with van der Waals surface area (Å²) in [5.41, 5.74) is 1.38. The number of amidine groups is 1. The summed E-state index contributed by atoms with van der Waals surface area (Å²) in [4.78, 5) is 4.30. The van der Waals surface area contributed by atoms with Crippen molar-refractivity contribution < 1.29 is 0 Å². The van der Waals surface area contributed by atoms with Gasteiger partial charge in [-0.05, 0) is 24.6 Å². The third kappa shape index (κ3) is 2.28. The molecule has 0 fully saturated rings. The number of nitriles is 1. The number of nitrogens with one attached hydrogen (secondary N) is 1. The number of halogens is 1. The third-order valence-corrected chi connectivity index (χ3v) is 2.57. The van der Waals surface area contributed by atoms with Crippen LogP contribution in [0.2, 0.25) is 5.02 Å². The van der Waals surface area contributed by atoms with Crippen molar-refractivity contribution in [3.05, 3.63) is 28.8 Å². The van der Waals surface area contributed by atoms with Crippen LogP contribution in [0.25, 0.3) is 0 Å². The molecule has 0 bridgehead atoms. The van der Waals surface area contributed by atoms with E-state index in [0.29, 0.717) is 10.6 Å². The van der Waals surface area contributed by atoms with Crippen LogP contribution in [0.3, 0.4) is 0 Å². The van der Waals surface area contributed by atoms with E-state index in [9.17, 15) is 0 Å². The maximum Gasteiger partial charge on any atom is 0.101 e. The smallest absolute Gasteiger partial charge is 0.101 e. The van der Waals surface area contributed by atoms with E-state index in [1.165, 1.54) is 0 Å². The molecule has 1 N–H and O–H groups in total. The van der Waals surface area contributed by atoms with E-state index in [4.69, 9.17) is 16.9 Å². The van der Waals surface area contributed by atoms with Gasteiger partial charge < -0.3 is 5.32 Å². The van der Waals surface area contributed by atoms with Crippen LogP contribution in [0.4, 0.5) is 5.69 Å². The van der Waals surface area contributed by atoms with Crippen molar-refractivity contribution in [2.24, 2.45) is 4.99 Å². The van der Waals surface area contributed by atoms with Gasteiger partial charge in [-0.15, -0.1) is 0 Å². The maximum absolute atomic E-state index is 8.71. The van der Waals surface area contributed by atoms with Gasteiger partial charge >= 0.3 is 0 Å². The fraction of sp³-hybridized carbons (Fsp3) is 0.273. The summed E-state index contributed by atoms with van der Waals surface area (Å²) < 4.78 is 0. The van der Waals surface area contributed by atoms with Crippen LogP contribution >= 0.6 is 11.6 Å². The fourth-order valence-corrected chi connectivity index (χ4v) is 1.71. The highest BCUT2D eigenvalue weighted by Crippen LogP contribution is 2.21. The Labute approximate surface area is 93.4 Å². The predicted molar refractivity (Wildman–Crippen MR) is 61.3 cm³/mol. The largest absolute Gasteiger partial charge is 0.344 e. The normalized spacial score (nSPS) is 14.5. The van der Waals surface area contributed by atoms with Gasteiger partial charge in [0, 0.05) is 18.7 Å². The average molecular weight is 220 g/mol. The molecule has 0 spiro atoms. The van der Waals surface area contributed by atoms with Crippen LogP contribution in [-0.4, -0.2) is 12.4 Å². The Bertz CT molecular complexity index is 446. The highest BCUT2D eigenvalue weighted by molar-refractivity contribution is 6.32. The second-order valence-electron chi connectivity index (χ2n) is 3.36. The quantitative estimate of drug-likeness (QED) is 0.790. The standard InChI is InChI=1S/C11H10ClN3/c12-10-6-9(4-3-8(10)7-13)15-11-2-1-5-14-11/h3-4,6H,1-2,5H2,(H,14,15). The molecule has 1 aromatic rings. The van der Waals surface area contributed by atoms with Crippen LogP contribution in [0, 0.1) is 11.3 Å². The average Bonchev–Trinajstić information content (AvgIpc) is 2.71. The maximum atomic E-state index is 8.71. The molecule has 0 radical (unpaired) electrons. The van der Waals surface area contributed by atoms with Gasteiger partial charge in [-0.25, -0.2) is 0 Å². The van der Waals surface area contributed by atoms with Crippen molar-refractivity contribution in [2.45, 2.75) is 12.8 Å². The molecule has 0 atom stereocenters. The molecule has 2 rings (SSSR count). The summed E-state index contributed by atoms with van der Waals surface area (Å²) in [5.74, 6) is 0.996. The molecule has 0 saturated heterocycles. The summed E-state index contributed by atoms with van der Waals surface area (Å²) in [7, 11) is 0. The lowest BCUT2D eigenvalue weighted by molar-refractivity contribution is 0.951. The molecule has 3 nitrogen and oxygen atoms in total. The molecule has 4 heteroatoms. The number of hydrogen-bond acceptors (Lipinski definition) is 3. The minimum atomic E-state index is 0.473. The number of nitrogens with zero attached hydrogens (tertiary/aromatic N) is 2. The van der Waals surface area contributed by atoms with E-state index in [1.807, 2.05) is 12.1 Å². The van der Waals surface area contributed by atoms with Crippen LogP contribution in [0.15, 0.2) is 23.2 Å². The lowest BCUT2D eigenvalue weighted by Crippen LogP contribution is -2.08. The van der Waals surface area contributed by atoms with E-state index in [-0.39, 0.29) is 0 Å². The number of rotatable bonds is 1. The van der Waals surface area contributed by atoms with Gasteiger partial charge in [0.05, 0.1) is 10.6 Å². The van der Waals surface area contributed by atoms with Crippen molar-refractivity contribution >= 4 is 23.1 Å². The van der Waals surface area contributed by atoms with Crippen molar-refractivity contribution in [3.63, 3.8) is 0 Å². The molecule has 0 unspecified atom stereocenters.